The van der Waals surface area contributed by atoms with Gasteiger partial charge in [-0.15, -0.1) is 10.2 Å². The van der Waals surface area contributed by atoms with Crippen LogP contribution >= 0.6 is 11.3 Å². The first-order valence-corrected chi connectivity index (χ1v) is 15.2. The number of sulfonamides is 1. The van der Waals surface area contributed by atoms with E-state index in [2.05, 4.69) is 24.9 Å². The maximum atomic E-state index is 13.4. The number of nitriles is 1. The summed E-state index contributed by atoms with van der Waals surface area (Å²) in [6, 6.07) is 6.49. The second-order valence-corrected chi connectivity index (χ2v) is 13.1. The summed E-state index contributed by atoms with van der Waals surface area (Å²) in [6.07, 6.45) is 3.61. The fourth-order valence-electron chi connectivity index (χ4n) is 4.96. The van der Waals surface area contributed by atoms with Crippen molar-refractivity contribution in [1.29, 1.82) is 5.26 Å². The lowest BCUT2D eigenvalue weighted by atomic mass is 9.94. The van der Waals surface area contributed by atoms with E-state index in [1.54, 1.807) is 17.2 Å². The Morgan fingerprint density at radius 3 is 2.63 bits per heavy atom. The van der Waals surface area contributed by atoms with Gasteiger partial charge in [0.05, 0.1) is 22.2 Å². The van der Waals surface area contributed by atoms with Gasteiger partial charge in [0.1, 0.15) is 11.9 Å². The van der Waals surface area contributed by atoms with Gasteiger partial charge in [-0.1, -0.05) is 37.3 Å². The molecular formula is C26H24F2N8O3S2. The molecule has 15 heteroatoms. The van der Waals surface area contributed by atoms with E-state index in [-0.39, 0.29) is 27.8 Å². The van der Waals surface area contributed by atoms with Crippen molar-refractivity contribution in [2.75, 3.05) is 6.54 Å². The van der Waals surface area contributed by atoms with Crippen LogP contribution in [0.15, 0.2) is 41.7 Å². The predicted octanol–water partition coefficient (Wildman–Crippen LogP) is 4.18. The summed E-state index contributed by atoms with van der Waals surface area (Å²) in [6.45, 7) is 4.17. The van der Waals surface area contributed by atoms with Crippen LogP contribution < -0.4 is 4.72 Å². The van der Waals surface area contributed by atoms with Crippen LogP contribution in [-0.4, -0.2) is 56.0 Å². The lowest BCUT2D eigenvalue weighted by molar-refractivity contribution is -0.132. The van der Waals surface area contributed by atoms with Crippen LogP contribution in [-0.2, 0) is 14.8 Å². The highest BCUT2D eigenvalue weighted by atomic mass is 32.2. The molecule has 6 rings (SSSR count). The van der Waals surface area contributed by atoms with E-state index in [9.17, 15) is 27.3 Å². The molecule has 1 saturated carbocycles. The topological polar surface area (TPSA) is 147 Å². The molecule has 1 aromatic carbocycles. The summed E-state index contributed by atoms with van der Waals surface area (Å²) in [4.78, 5) is 23.1. The highest BCUT2D eigenvalue weighted by molar-refractivity contribution is 7.89. The Morgan fingerprint density at radius 1 is 1.24 bits per heavy atom. The van der Waals surface area contributed by atoms with Gasteiger partial charge in [-0.25, -0.2) is 27.2 Å². The second kappa shape index (κ2) is 9.89. The first-order chi connectivity index (χ1) is 19.5. The summed E-state index contributed by atoms with van der Waals surface area (Å²) in [5.41, 5.74) is 0.248. The molecule has 212 valence electrons. The molecule has 0 bridgehead atoms. The zero-order valence-electron chi connectivity index (χ0n) is 22.0. The van der Waals surface area contributed by atoms with Crippen molar-refractivity contribution in [1.82, 2.24) is 34.4 Å². The Kier molecular flexibility index (Phi) is 6.59. The average Bonchev–Trinajstić information content (AvgIpc) is 3.39. The zero-order valence-corrected chi connectivity index (χ0v) is 23.6. The smallest absolute Gasteiger partial charge is 0.291 e. The average molecular weight is 599 g/mol. The number of nitrogens with one attached hydrogen (secondary N) is 1. The van der Waals surface area contributed by atoms with E-state index in [1.807, 2.05) is 26.0 Å². The van der Waals surface area contributed by atoms with Gasteiger partial charge >= 0.3 is 0 Å². The van der Waals surface area contributed by atoms with Crippen molar-refractivity contribution in [3.05, 3.63) is 47.5 Å². The Morgan fingerprint density at radius 2 is 2.02 bits per heavy atom. The normalized spacial score (nSPS) is 18.5. The third kappa shape index (κ3) is 4.75. The predicted molar refractivity (Wildman–Crippen MR) is 146 cm³/mol. The molecule has 0 saturated heterocycles. The molecular weight excluding hydrogens is 574 g/mol. The number of fused-ring (bicyclic) bond motifs is 3. The number of hydrogen-bond acceptors (Lipinski definition) is 9. The third-order valence-electron chi connectivity index (χ3n) is 7.27. The molecule has 4 aromatic rings. The molecule has 1 unspecified atom stereocenters. The molecule has 3 aromatic heterocycles. The van der Waals surface area contributed by atoms with E-state index in [0.717, 1.165) is 0 Å². The van der Waals surface area contributed by atoms with Crippen LogP contribution in [0.4, 0.5) is 8.78 Å². The molecule has 2 aliphatic rings. The maximum Gasteiger partial charge on any atom is 0.291 e. The number of allylic oxidation sites excluding steroid dienone is 1. The van der Waals surface area contributed by atoms with Crippen molar-refractivity contribution in [2.24, 2.45) is 5.92 Å². The van der Waals surface area contributed by atoms with Crippen LogP contribution in [0.5, 0.6) is 0 Å². The Bertz CT molecular complexity index is 1870. The molecule has 0 spiro atoms. The Balaban J connectivity index is 1.53. The van der Waals surface area contributed by atoms with Crippen LogP contribution in [0, 0.1) is 17.2 Å². The molecule has 1 fully saturated rings. The standard InChI is InChI=1S/C26H24F2N8O3S2/c1-14(2)24(37)35-9-5-15(6-10-35)20-19-17-4-3-16(41(38,39)34-26(12-29)7-8-26)11-18(17)36(22(19)31-13-30-20)25-33-32-23(40-25)21(27)28/h3-5,9,11,13-15,21,34H,6-8,10H2,1-2H3. The number of benzene rings is 1. The summed E-state index contributed by atoms with van der Waals surface area (Å²) >= 11 is 0.677. The number of hydrogen-bond donors (Lipinski definition) is 1. The number of carbonyl (C=O) groups is 1. The molecule has 1 aliphatic heterocycles. The van der Waals surface area contributed by atoms with E-state index >= 15 is 0 Å². The fourth-order valence-corrected chi connectivity index (χ4v) is 7.08. The van der Waals surface area contributed by atoms with Crippen LogP contribution in [0.3, 0.4) is 0 Å². The van der Waals surface area contributed by atoms with Crippen molar-refractivity contribution in [3.63, 3.8) is 0 Å². The van der Waals surface area contributed by atoms with E-state index in [0.29, 0.717) is 64.8 Å². The van der Waals surface area contributed by atoms with Crippen LogP contribution in [0.2, 0.25) is 0 Å². The number of halogens is 2. The molecule has 41 heavy (non-hydrogen) atoms. The zero-order chi connectivity index (χ0) is 29.1. The molecule has 0 radical (unpaired) electrons. The lowest BCUT2D eigenvalue weighted by Gasteiger charge is -2.27. The quantitative estimate of drug-likeness (QED) is 0.333. The number of alkyl halides is 2. The summed E-state index contributed by atoms with van der Waals surface area (Å²) in [5, 5.41) is 17.8. The van der Waals surface area contributed by atoms with E-state index in [4.69, 9.17) is 0 Å². The summed E-state index contributed by atoms with van der Waals surface area (Å²) in [7, 11) is -4.08. The first kappa shape index (κ1) is 27.3. The van der Waals surface area contributed by atoms with Gasteiger partial charge in [0.15, 0.2) is 10.7 Å². The van der Waals surface area contributed by atoms with Crippen LogP contribution in [0.1, 0.15) is 56.2 Å². The number of carbonyl (C=O) groups excluding carboxylic acids is 1. The number of rotatable bonds is 7. The molecule has 1 N–H and O–H groups in total. The van der Waals surface area contributed by atoms with Crippen molar-refractivity contribution >= 4 is 49.2 Å². The maximum absolute atomic E-state index is 13.4. The minimum atomic E-state index is -4.08. The second-order valence-electron chi connectivity index (χ2n) is 10.4. The number of aromatic nitrogens is 5. The first-order valence-electron chi connectivity index (χ1n) is 12.9. The monoisotopic (exact) mass is 598 g/mol. The molecule has 1 atom stereocenters. The lowest BCUT2D eigenvalue weighted by Crippen LogP contribution is -2.35. The van der Waals surface area contributed by atoms with Crippen molar-refractivity contribution in [3.8, 4) is 11.2 Å². The van der Waals surface area contributed by atoms with Gasteiger partial charge in [0.2, 0.25) is 21.1 Å². The fraction of sp³-hybridized carbons (Fsp3) is 0.385. The molecule has 4 heterocycles. The van der Waals surface area contributed by atoms with E-state index < -0.39 is 27.0 Å². The van der Waals surface area contributed by atoms with Gasteiger partial charge in [-0.2, -0.15) is 9.98 Å². The number of nitrogens with zero attached hydrogens (tertiary/aromatic N) is 7. The SMILES string of the molecule is CC(C)C(=O)N1C=CC(c2ncnc3c2c2ccc(S(=O)(=O)NC4(C#N)CC4)cc2n3-c2nnc(C(F)F)s2)CC1. The highest BCUT2D eigenvalue weighted by Crippen LogP contribution is 2.40. The molecule has 1 aliphatic carbocycles. The molecule has 11 nitrogen and oxygen atoms in total. The minimum Gasteiger partial charge on any atom is -0.319 e. The Labute approximate surface area is 237 Å². The van der Waals surface area contributed by atoms with Gasteiger partial charge in [0.25, 0.3) is 6.43 Å². The summed E-state index contributed by atoms with van der Waals surface area (Å²) in [5.74, 6) is -0.313. The molecule has 1 amide bonds. The largest absolute Gasteiger partial charge is 0.319 e. The van der Waals surface area contributed by atoms with Gasteiger partial charge in [-0.05, 0) is 31.4 Å². The number of amides is 1. The third-order valence-corrected chi connectivity index (χ3v) is 9.72. The van der Waals surface area contributed by atoms with Gasteiger partial charge in [-0.3, -0.25) is 9.36 Å². The van der Waals surface area contributed by atoms with Crippen molar-refractivity contribution < 1.29 is 22.0 Å². The van der Waals surface area contributed by atoms with Crippen LogP contribution in [0.25, 0.3) is 27.1 Å². The summed E-state index contributed by atoms with van der Waals surface area (Å²) < 4.78 is 57.3. The van der Waals surface area contributed by atoms with Gasteiger partial charge < -0.3 is 4.90 Å². The van der Waals surface area contributed by atoms with Gasteiger partial charge in [0, 0.05) is 35.4 Å². The van der Waals surface area contributed by atoms with E-state index in [1.165, 1.54) is 23.0 Å². The highest BCUT2D eigenvalue weighted by Gasteiger charge is 2.47. The Hall–Kier alpha value is -3.87. The van der Waals surface area contributed by atoms with Crippen molar-refractivity contribution in [2.45, 2.75) is 55.9 Å². The minimum absolute atomic E-state index is 0.0157.